The van der Waals surface area contributed by atoms with Crippen molar-refractivity contribution in [2.45, 2.75) is 130 Å². The van der Waals surface area contributed by atoms with Gasteiger partial charge >= 0.3 is 0 Å². The highest BCUT2D eigenvalue weighted by atomic mass is 16.2. The Kier molecular flexibility index (Phi) is 16.8. The van der Waals surface area contributed by atoms with Crippen LogP contribution < -0.4 is 0 Å². The van der Waals surface area contributed by atoms with Gasteiger partial charge in [0.05, 0.1) is 0 Å². The van der Waals surface area contributed by atoms with Gasteiger partial charge in [-0.2, -0.15) is 0 Å². The first-order valence-corrected chi connectivity index (χ1v) is 10.8. The van der Waals surface area contributed by atoms with E-state index in [1.807, 2.05) is 0 Å². The Labute approximate surface area is 147 Å². The summed E-state index contributed by atoms with van der Waals surface area (Å²) < 4.78 is 0. The van der Waals surface area contributed by atoms with Crippen LogP contribution in [0.25, 0.3) is 0 Å². The highest BCUT2D eigenvalue weighted by Crippen LogP contribution is 2.36. The summed E-state index contributed by atoms with van der Waals surface area (Å²) in [5.74, 6) is 0. The van der Waals surface area contributed by atoms with Crippen molar-refractivity contribution in [2.24, 2.45) is 5.41 Å². The average molecular weight is 327 g/mol. The van der Waals surface area contributed by atoms with Gasteiger partial charge in [0, 0.05) is 6.61 Å². The Hall–Kier alpha value is -0.0400. The van der Waals surface area contributed by atoms with Gasteiger partial charge in [0.2, 0.25) is 0 Å². The minimum Gasteiger partial charge on any atom is -0.396 e. The fraction of sp³-hybridized carbons (Fsp3) is 1.00. The second-order valence-corrected chi connectivity index (χ2v) is 8.03. The van der Waals surface area contributed by atoms with E-state index in [2.05, 4.69) is 20.8 Å². The molecule has 0 saturated heterocycles. The van der Waals surface area contributed by atoms with Gasteiger partial charge in [-0.15, -0.1) is 0 Å². The SMILES string of the molecule is CCCCCCCCC(C)(CCCCO)CCCCCCCC. The topological polar surface area (TPSA) is 20.2 Å². The number of hydrogen-bond donors (Lipinski definition) is 1. The van der Waals surface area contributed by atoms with Crippen molar-refractivity contribution in [1.29, 1.82) is 0 Å². The van der Waals surface area contributed by atoms with Crippen molar-refractivity contribution in [2.75, 3.05) is 6.61 Å². The first-order valence-electron chi connectivity index (χ1n) is 10.8. The number of rotatable bonds is 18. The molecule has 0 radical (unpaired) electrons. The molecule has 0 fully saturated rings. The summed E-state index contributed by atoms with van der Waals surface area (Å²) in [6, 6.07) is 0. The van der Waals surface area contributed by atoms with Crippen molar-refractivity contribution in [3.63, 3.8) is 0 Å². The molecular formula is C22H46O. The molecule has 0 rings (SSSR count). The number of aliphatic hydroxyl groups is 1. The molecule has 0 aliphatic carbocycles. The smallest absolute Gasteiger partial charge is 0.0431 e. The summed E-state index contributed by atoms with van der Waals surface area (Å²) in [5.41, 5.74) is 0.532. The molecule has 0 unspecified atom stereocenters. The third-order valence-corrected chi connectivity index (χ3v) is 5.46. The molecule has 0 aliphatic heterocycles. The Morgan fingerprint density at radius 3 is 1.26 bits per heavy atom. The molecule has 0 heterocycles. The van der Waals surface area contributed by atoms with Gasteiger partial charge in [-0.05, 0) is 31.1 Å². The van der Waals surface area contributed by atoms with Crippen LogP contribution in [0.4, 0.5) is 0 Å². The zero-order valence-electron chi connectivity index (χ0n) is 16.7. The van der Waals surface area contributed by atoms with E-state index in [-0.39, 0.29) is 0 Å². The van der Waals surface area contributed by atoms with Gasteiger partial charge in [0.1, 0.15) is 0 Å². The quantitative estimate of drug-likeness (QED) is 0.256. The largest absolute Gasteiger partial charge is 0.396 e. The normalized spacial score (nSPS) is 12.0. The predicted octanol–water partition coefficient (Wildman–Crippen LogP) is 7.66. The van der Waals surface area contributed by atoms with E-state index in [1.54, 1.807) is 0 Å². The van der Waals surface area contributed by atoms with Crippen LogP contribution in [0.15, 0.2) is 0 Å². The van der Waals surface area contributed by atoms with Gasteiger partial charge in [-0.1, -0.05) is 104 Å². The zero-order valence-corrected chi connectivity index (χ0v) is 16.7. The van der Waals surface area contributed by atoms with E-state index >= 15 is 0 Å². The van der Waals surface area contributed by atoms with E-state index in [4.69, 9.17) is 5.11 Å². The lowest BCUT2D eigenvalue weighted by molar-refractivity contribution is 0.209. The Morgan fingerprint density at radius 1 is 0.522 bits per heavy atom. The van der Waals surface area contributed by atoms with Gasteiger partial charge in [0.25, 0.3) is 0 Å². The van der Waals surface area contributed by atoms with E-state index in [1.165, 1.54) is 103 Å². The van der Waals surface area contributed by atoms with Gasteiger partial charge in [0.15, 0.2) is 0 Å². The standard InChI is InChI=1S/C22H46O/c1-4-6-8-10-12-14-18-22(3,20-16-17-21-23)19-15-13-11-9-7-5-2/h23H,4-21H2,1-3H3. The minimum absolute atomic E-state index is 0.365. The molecule has 0 aromatic heterocycles. The van der Waals surface area contributed by atoms with E-state index in [0.717, 1.165) is 6.42 Å². The summed E-state index contributed by atoms with van der Waals surface area (Å²) >= 11 is 0. The molecule has 0 bridgehead atoms. The lowest BCUT2D eigenvalue weighted by Crippen LogP contribution is -2.17. The van der Waals surface area contributed by atoms with Crippen LogP contribution >= 0.6 is 0 Å². The molecule has 1 N–H and O–H groups in total. The van der Waals surface area contributed by atoms with Crippen molar-refractivity contribution in [3.8, 4) is 0 Å². The molecule has 0 aliphatic rings. The summed E-state index contributed by atoms with van der Waals surface area (Å²) in [6.07, 6.45) is 23.2. The summed E-state index contributed by atoms with van der Waals surface area (Å²) in [5, 5.41) is 9.06. The molecule has 140 valence electrons. The van der Waals surface area contributed by atoms with Crippen molar-refractivity contribution >= 4 is 0 Å². The van der Waals surface area contributed by atoms with Crippen molar-refractivity contribution < 1.29 is 5.11 Å². The summed E-state index contributed by atoms with van der Waals surface area (Å²) in [6.45, 7) is 7.46. The highest BCUT2D eigenvalue weighted by molar-refractivity contribution is 4.75. The molecule has 1 nitrogen and oxygen atoms in total. The molecule has 0 aromatic rings. The van der Waals surface area contributed by atoms with E-state index < -0.39 is 0 Å². The van der Waals surface area contributed by atoms with E-state index in [0.29, 0.717) is 12.0 Å². The third kappa shape index (κ3) is 15.2. The predicted molar refractivity (Wildman–Crippen MR) is 105 cm³/mol. The first-order chi connectivity index (χ1) is 11.2. The van der Waals surface area contributed by atoms with Crippen LogP contribution in [-0.2, 0) is 0 Å². The zero-order chi connectivity index (χ0) is 17.2. The molecule has 1 heteroatoms. The second kappa shape index (κ2) is 16.8. The highest BCUT2D eigenvalue weighted by Gasteiger charge is 2.22. The molecular weight excluding hydrogens is 280 g/mol. The molecule has 0 saturated carbocycles. The third-order valence-electron chi connectivity index (χ3n) is 5.46. The van der Waals surface area contributed by atoms with Crippen molar-refractivity contribution in [3.05, 3.63) is 0 Å². The molecule has 0 atom stereocenters. The van der Waals surface area contributed by atoms with Gasteiger partial charge in [-0.25, -0.2) is 0 Å². The maximum atomic E-state index is 9.06. The molecule has 0 spiro atoms. The fourth-order valence-corrected chi connectivity index (χ4v) is 3.70. The van der Waals surface area contributed by atoms with Crippen LogP contribution in [-0.4, -0.2) is 11.7 Å². The van der Waals surface area contributed by atoms with Crippen LogP contribution in [0.2, 0.25) is 0 Å². The van der Waals surface area contributed by atoms with Crippen LogP contribution in [0.5, 0.6) is 0 Å². The maximum Gasteiger partial charge on any atom is 0.0431 e. The second-order valence-electron chi connectivity index (χ2n) is 8.03. The minimum atomic E-state index is 0.365. The lowest BCUT2D eigenvalue weighted by atomic mass is 9.76. The van der Waals surface area contributed by atoms with Gasteiger partial charge < -0.3 is 5.11 Å². The number of aliphatic hydroxyl groups excluding tert-OH is 1. The number of unbranched alkanes of at least 4 members (excludes halogenated alkanes) is 11. The maximum absolute atomic E-state index is 9.06. The number of hydrogen-bond acceptors (Lipinski definition) is 1. The van der Waals surface area contributed by atoms with Gasteiger partial charge in [-0.3, -0.25) is 0 Å². The van der Waals surface area contributed by atoms with Crippen molar-refractivity contribution in [1.82, 2.24) is 0 Å². The van der Waals surface area contributed by atoms with Crippen LogP contribution in [0.1, 0.15) is 130 Å². The monoisotopic (exact) mass is 326 g/mol. The Morgan fingerprint density at radius 2 is 0.870 bits per heavy atom. The molecule has 0 amide bonds. The summed E-state index contributed by atoms with van der Waals surface area (Å²) in [7, 11) is 0. The molecule has 0 aromatic carbocycles. The lowest BCUT2D eigenvalue weighted by Gasteiger charge is -2.30. The fourth-order valence-electron chi connectivity index (χ4n) is 3.70. The summed E-state index contributed by atoms with van der Waals surface area (Å²) in [4.78, 5) is 0. The van der Waals surface area contributed by atoms with Crippen LogP contribution in [0.3, 0.4) is 0 Å². The Bertz CT molecular complexity index is 208. The van der Waals surface area contributed by atoms with E-state index in [9.17, 15) is 0 Å². The Balaban J connectivity index is 3.93. The van der Waals surface area contributed by atoms with Crippen LogP contribution in [0, 0.1) is 5.41 Å². The first kappa shape index (κ1) is 23.0. The molecule has 23 heavy (non-hydrogen) atoms. The average Bonchev–Trinajstić information content (AvgIpc) is 2.54.